The molecule has 0 bridgehead atoms. The maximum atomic E-state index is 4.12. The normalized spacial score (nSPS) is 14.8. The monoisotopic (exact) mass is 482 g/mol. The summed E-state index contributed by atoms with van der Waals surface area (Å²) < 4.78 is 0. The molecule has 0 radical (unpaired) electrons. The van der Waals surface area contributed by atoms with Gasteiger partial charge in [-0.1, -0.05) is 161 Å². The zero-order valence-electron chi connectivity index (χ0n) is 20.1. The Labute approximate surface area is 210 Å². The Balaban J connectivity index is 3.53. The summed E-state index contributed by atoms with van der Waals surface area (Å²) in [6.45, 7) is 23.5. The van der Waals surface area contributed by atoms with Crippen molar-refractivity contribution in [2.75, 3.05) is 12.3 Å². The number of allylic oxidation sites excluding steroid dienone is 18. The fourth-order valence-electron chi connectivity index (χ4n) is 3.17. The van der Waals surface area contributed by atoms with E-state index in [1.54, 1.807) is 12.2 Å². The van der Waals surface area contributed by atoms with E-state index in [1.165, 1.54) is 21.2 Å². The molecule has 2 unspecified atom stereocenters. The van der Waals surface area contributed by atoms with Crippen LogP contribution in [-0.2, 0) is 0 Å². The van der Waals surface area contributed by atoms with E-state index in [0.717, 1.165) is 12.3 Å². The highest BCUT2D eigenvalue weighted by Gasteiger charge is 2.20. The van der Waals surface area contributed by atoms with Crippen LogP contribution in [0.25, 0.3) is 0 Å². The zero-order chi connectivity index (χ0) is 25.0. The lowest BCUT2D eigenvalue weighted by atomic mass is 10.4. The van der Waals surface area contributed by atoms with Crippen LogP contribution < -0.4 is 5.30 Å². The summed E-state index contributed by atoms with van der Waals surface area (Å²) in [5.74, 6) is 0. The first-order chi connectivity index (χ1) is 16.7. The Morgan fingerprint density at radius 1 is 0.588 bits per heavy atom. The molecule has 0 aliphatic carbocycles. The van der Waals surface area contributed by atoms with Crippen molar-refractivity contribution >= 4 is 21.1 Å². The topological polar surface area (TPSA) is 0 Å². The first-order valence-corrected chi connectivity index (χ1v) is 14.2. The Kier molecular flexibility index (Phi) is 15.7. The molecule has 0 spiro atoms. The molecule has 0 aliphatic rings. The third-order valence-corrected chi connectivity index (χ3v) is 10.1. The van der Waals surface area contributed by atoms with Gasteiger partial charge in [-0.3, -0.25) is 0 Å². The number of benzene rings is 1. The van der Waals surface area contributed by atoms with Crippen molar-refractivity contribution in [2.45, 2.75) is 0 Å². The van der Waals surface area contributed by atoms with E-state index in [4.69, 9.17) is 0 Å². The third kappa shape index (κ3) is 10.3. The molecule has 1 aromatic rings. The average Bonchev–Trinajstić information content (AvgIpc) is 2.86. The summed E-state index contributed by atoms with van der Waals surface area (Å²) in [6, 6.07) is 10.7. The van der Waals surface area contributed by atoms with Crippen molar-refractivity contribution in [1.82, 2.24) is 0 Å². The van der Waals surface area contributed by atoms with E-state index in [2.05, 4.69) is 100 Å². The first kappa shape index (κ1) is 29.0. The second-order valence-electron chi connectivity index (χ2n) is 6.90. The van der Waals surface area contributed by atoms with E-state index in [0.29, 0.717) is 0 Å². The van der Waals surface area contributed by atoms with E-state index in [1.807, 2.05) is 48.6 Å². The van der Waals surface area contributed by atoms with E-state index in [-0.39, 0.29) is 0 Å². The molecule has 2 heteroatoms. The third-order valence-electron chi connectivity index (χ3n) is 4.66. The second kappa shape index (κ2) is 18.4. The second-order valence-corrected chi connectivity index (χ2v) is 11.6. The van der Waals surface area contributed by atoms with E-state index in [9.17, 15) is 0 Å². The van der Waals surface area contributed by atoms with Gasteiger partial charge in [0, 0.05) is 0 Å². The van der Waals surface area contributed by atoms with E-state index < -0.39 is 15.8 Å². The highest BCUT2D eigenvalue weighted by molar-refractivity contribution is 7.72. The molecular weight excluding hydrogens is 446 g/mol. The zero-order valence-corrected chi connectivity index (χ0v) is 21.9. The van der Waals surface area contributed by atoms with Crippen molar-refractivity contribution < 1.29 is 0 Å². The van der Waals surface area contributed by atoms with Crippen LogP contribution in [0.1, 0.15) is 0 Å². The van der Waals surface area contributed by atoms with Crippen LogP contribution >= 0.6 is 15.8 Å². The van der Waals surface area contributed by atoms with Gasteiger partial charge in [0.1, 0.15) is 0 Å². The van der Waals surface area contributed by atoms with E-state index >= 15 is 0 Å². The van der Waals surface area contributed by atoms with Gasteiger partial charge in [0.25, 0.3) is 0 Å². The molecule has 0 saturated heterocycles. The van der Waals surface area contributed by atoms with Gasteiger partial charge in [0.2, 0.25) is 0 Å². The molecule has 1 aromatic carbocycles. The van der Waals surface area contributed by atoms with Crippen LogP contribution in [0, 0.1) is 0 Å². The summed E-state index contributed by atoms with van der Waals surface area (Å²) in [5, 5.41) is 5.08. The maximum Gasteiger partial charge on any atom is -0.0195 e. The smallest absolute Gasteiger partial charge is 0.0195 e. The van der Waals surface area contributed by atoms with Crippen LogP contribution in [0.2, 0.25) is 0 Å². The minimum Gasteiger partial charge on any atom is -0.0991 e. The minimum absolute atomic E-state index is 0.583. The van der Waals surface area contributed by atoms with Crippen molar-refractivity contribution in [3.05, 3.63) is 177 Å². The van der Waals surface area contributed by atoms with Gasteiger partial charge in [-0.2, -0.15) is 0 Å². The molecule has 174 valence electrons. The molecule has 0 N–H and O–H groups in total. The van der Waals surface area contributed by atoms with Crippen molar-refractivity contribution in [3.63, 3.8) is 0 Å². The molecule has 0 fully saturated rings. The number of rotatable bonds is 16. The Hall–Kier alpha value is -3.04. The molecule has 0 nitrogen and oxygen atoms in total. The molecule has 0 aliphatic heterocycles. The fourth-order valence-corrected chi connectivity index (χ4v) is 8.52. The predicted molar refractivity (Wildman–Crippen MR) is 163 cm³/mol. The summed E-state index contributed by atoms with van der Waals surface area (Å²) in [6.07, 6.45) is 31.7. The van der Waals surface area contributed by atoms with Crippen LogP contribution in [0.4, 0.5) is 0 Å². The average molecular weight is 483 g/mol. The molecular formula is C32H36P2. The minimum atomic E-state index is -0.660. The summed E-state index contributed by atoms with van der Waals surface area (Å²) >= 11 is 0. The Bertz CT molecular complexity index is 1010. The molecule has 1 rings (SSSR count). The quantitative estimate of drug-likeness (QED) is 0.162. The lowest BCUT2D eigenvalue weighted by molar-refractivity contribution is 1.49. The summed E-state index contributed by atoms with van der Waals surface area (Å²) in [7, 11) is -1.24. The predicted octanol–water partition coefficient (Wildman–Crippen LogP) is 9.71. The van der Waals surface area contributed by atoms with Crippen LogP contribution in [0.3, 0.4) is 0 Å². The number of hydrogen-bond donors (Lipinski definition) is 0. The molecule has 0 amide bonds. The van der Waals surface area contributed by atoms with Gasteiger partial charge in [-0.15, -0.1) is 0 Å². The fraction of sp³-hybridized carbons (Fsp3) is 0.0625. The SMILES string of the molecule is C=C/C=C\C=C(/C=C)P(CCP(C(/C=C\C=C)=C/C=C)c1ccccc1)C(/C=C\C=C)=C/C=C. The van der Waals surface area contributed by atoms with Gasteiger partial charge >= 0.3 is 0 Å². The molecule has 0 heterocycles. The van der Waals surface area contributed by atoms with Gasteiger partial charge < -0.3 is 0 Å². The lowest BCUT2D eigenvalue weighted by Gasteiger charge is -2.25. The summed E-state index contributed by atoms with van der Waals surface area (Å²) in [4.78, 5) is 0. The van der Waals surface area contributed by atoms with Crippen LogP contribution in [0.15, 0.2) is 177 Å². The molecule has 2 atom stereocenters. The van der Waals surface area contributed by atoms with Gasteiger partial charge in [0.15, 0.2) is 0 Å². The van der Waals surface area contributed by atoms with Crippen molar-refractivity contribution in [3.8, 4) is 0 Å². The van der Waals surface area contributed by atoms with Crippen molar-refractivity contribution in [2.24, 2.45) is 0 Å². The van der Waals surface area contributed by atoms with Gasteiger partial charge in [0.05, 0.1) is 0 Å². The van der Waals surface area contributed by atoms with Crippen LogP contribution in [-0.4, -0.2) is 12.3 Å². The summed E-state index contributed by atoms with van der Waals surface area (Å²) in [5.41, 5.74) is 0. The maximum absolute atomic E-state index is 4.12. The highest BCUT2D eigenvalue weighted by Crippen LogP contribution is 2.57. The Morgan fingerprint density at radius 2 is 1.18 bits per heavy atom. The number of hydrogen-bond acceptors (Lipinski definition) is 0. The molecule has 0 aromatic heterocycles. The highest BCUT2D eigenvalue weighted by atomic mass is 31.1. The van der Waals surface area contributed by atoms with Gasteiger partial charge in [-0.05, 0) is 49.4 Å². The van der Waals surface area contributed by atoms with Crippen LogP contribution in [0.5, 0.6) is 0 Å². The molecule has 0 saturated carbocycles. The largest absolute Gasteiger partial charge is 0.0991 e. The standard InChI is InChI=1S/C32H36P2/c1-7-13-17-24-29(12-6)33(30(20-10-4)22-14-8-2)27-28-34(32-25-18-16-19-26-32)31(21-11-5)23-15-9-3/h7-26H,1-6,27-28H2/b17-13-,22-14-,23-15-,29-24+,30-20+,31-21+. The Morgan fingerprint density at radius 3 is 1.74 bits per heavy atom. The molecule has 34 heavy (non-hydrogen) atoms. The lowest BCUT2D eigenvalue weighted by Crippen LogP contribution is -2.07. The first-order valence-electron chi connectivity index (χ1n) is 11.1. The van der Waals surface area contributed by atoms with Crippen molar-refractivity contribution in [1.29, 1.82) is 0 Å². The van der Waals surface area contributed by atoms with Gasteiger partial charge in [-0.25, -0.2) is 0 Å².